The molecule has 1 aromatic heterocycles. The molecule has 1 rings (SSSR count). The molecule has 0 aliphatic rings. The molecule has 0 unspecified atom stereocenters. The van der Waals surface area contributed by atoms with Crippen LogP contribution in [0.25, 0.3) is 0 Å². The van der Waals surface area contributed by atoms with Crippen LogP contribution in [0.4, 0.5) is 5.13 Å². The maximum Gasteiger partial charge on any atom is 0.347 e. The second kappa shape index (κ2) is 6.86. The predicted molar refractivity (Wildman–Crippen MR) is 74.7 cm³/mol. The van der Waals surface area contributed by atoms with Crippen LogP contribution in [-0.4, -0.2) is 41.7 Å². The number of carbonyl (C=O) groups is 1. The zero-order valence-electron chi connectivity index (χ0n) is 10.4. The number of nitrogens with zero attached hydrogens (tertiary/aromatic N) is 2. The Labute approximate surface area is 110 Å². The fourth-order valence-corrected chi connectivity index (χ4v) is 2.79. The molecular weight excluding hydrogens is 256 g/mol. The van der Waals surface area contributed by atoms with Crippen LogP contribution in [0.2, 0.25) is 0 Å². The first-order chi connectivity index (χ1) is 8.10. The van der Waals surface area contributed by atoms with E-state index in [0.29, 0.717) is 4.88 Å². The molecule has 0 bridgehead atoms. The van der Waals surface area contributed by atoms with Crippen molar-refractivity contribution in [1.82, 2.24) is 4.98 Å². The molecule has 0 saturated heterocycles. The minimum Gasteiger partial charge on any atom is -0.477 e. The molecule has 96 valence electrons. The van der Waals surface area contributed by atoms with Gasteiger partial charge >= 0.3 is 5.97 Å². The maximum absolute atomic E-state index is 11.1. The molecule has 0 amide bonds. The van der Waals surface area contributed by atoms with Crippen LogP contribution in [-0.2, 0) is 6.42 Å². The molecule has 4 nitrogen and oxygen atoms in total. The lowest BCUT2D eigenvalue weighted by atomic mass is 10.2. The van der Waals surface area contributed by atoms with Gasteiger partial charge in [-0.1, -0.05) is 24.7 Å². The van der Waals surface area contributed by atoms with Gasteiger partial charge in [0.15, 0.2) is 5.13 Å². The molecule has 0 aliphatic carbocycles. The number of rotatable bonds is 7. The van der Waals surface area contributed by atoms with Crippen LogP contribution in [0.5, 0.6) is 0 Å². The zero-order valence-corrected chi connectivity index (χ0v) is 12.0. The fourth-order valence-electron chi connectivity index (χ4n) is 1.40. The summed E-state index contributed by atoms with van der Waals surface area (Å²) in [4.78, 5) is 17.9. The third-order valence-corrected chi connectivity index (χ3v) is 4.12. The molecule has 0 aromatic carbocycles. The summed E-state index contributed by atoms with van der Waals surface area (Å²) in [5, 5.41) is 9.92. The molecule has 0 saturated carbocycles. The standard InChI is InChI=1S/C11H18N2O2S2/c1-4-5-8-9(10(14)15)17-11(12-8)13(2)6-7-16-3/h4-7H2,1-3H3,(H,14,15). The number of carboxylic acid groups (broad SMARTS) is 1. The van der Waals surface area contributed by atoms with Crippen molar-refractivity contribution in [2.45, 2.75) is 19.8 Å². The van der Waals surface area contributed by atoms with E-state index in [1.807, 2.05) is 18.9 Å². The summed E-state index contributed by atoms with van der Waals surface area (Å²) < 4.78 is 0. The van der Waals surface area contributed by atoms with Crippen molar-refractivity contribution in [2.24, 2.45) is 0 Å². The minimum atomic E-state index is -0.865. The van der Waals surface area contributed by atoms with Gasteiger partial charge in [-0.25, -0.2) is 9.78 Å². The third kappa shape index (κ3) is 3.89. The van der Waals surface area contributed by atoms with Crippen molar-refractivity contribution in [3.63, 3.8) is 0 Å². The van der Waals surface area contributed by atoms with E-state index in [9.17, 15) is 4.79 Å². The molecular formula is C11H18N2O2S2. The number of aryl methyl sites for hydroxylation is 1. The molecule has 0 radical (unpaired) electrons. The Morgan fingerprint density at radius 1 is 1.59 bits per heavy atom. The summed E-state index contributed by atoms with van der Waals surface area (Å²) >= 11 is 3.04. The van der Waals surface area contributed by atoms with Crippen LogP contribution >= 0.6 is 23.1 Å². The topological polar surface area (TPSA) is 53.4 Å². The molecule has 0 atom stereocenters. The van der Waals surface area contributed by atoms with Crippen LogP contribution in [0, 0.1) is 0 Å². The van der Waals surface area contributed by atoms with Gasteiger partial charge in [0.25, 0.3) is 0 Å². The van der Waals surface area contributed by atoms with Crippen molar-refractivity contribution in [2.75, 3.05) is 30.5 Å². The average molecular weight is 274 g/mol. The smallest absolute Gasteiger partial charge is 0.347 e. The number of carboxylic acids is 1. The highest BCUT2D eigenvalue weighted by molar-refractivity contribution is 7.98. The van der Waals surface area contributed by atoms with Gasteiger partial charge in [0, 0.05) is 19.3 Å². The first-order valence-corrected chi connectivity index (χ1v) is 7.74. The molecule has 0 spiro atoms. The summed E-state index contributed by atoms with van der Waals surface area (Å²) in [5.41, 5.74) is 0.719. The summed E-state index contributed by atoms with van der Waals surface area (Å²) in [6.07, 6.45) is 3.70. The normalized spacial score (nSPS) is 10.5. The Bertz CT molecular complexity index is 380. The van der Waals surface area contributed by atoms with E-state index in [1.54, 1.807) is 11.8 Å². The first kappa shape index (κ1) is 14.3. The Morgan fingerprint density at radius 2 is 2.29 bits per heavy atom. The van der Waals surface area contributed by atoms with Gasteiger partial charge in [0.2, 0.25) is 0 Å². The van der Waals surface area contributed by atoms with E-state index in [2.05, 4.69) is 11.2 Å². The van der Waals surface area contributed by atoms with Crippen LogP contribution in [0.15, 0.2) is 0 Å². The predicted octanol–water partition coefficient (Wildman–Crippen LogP) is 2.59. The summed E-state index contributed by atoms with van der Waals surface area (Å²) in [5.74, 6) is 0.150. The lowest BCUT2D eigenvalue weighted by Gasteiger charge is -2.14. The Kier molecular flexibility index (Phi) is 5.77. The van der Waals surface area contributed by atoms with E-state index in [-0.39, 0.29) is 0 Å². The average Bonchev–Trinajstić information content (AvgIpc) is 2.70. The number of thioether (sulfide) groups is 1. The van der Waals surface area contributed by atoms with Crippen molar-refractivity contribution in [1.29, 1.82) is 0 Å². The SMILES string of the molecule is CCCc1nc(N(C)CCSC)sc1C(=O)O. The highest BCUT2D eigenvalue weighted by atomic mass is 32.2. The maximum atomic E-state index is 11.1. The Hall–Kier alpha value is -0.750. The van der Waals surface area contributed by atoms with Gasteiger partial charge in [-0.2, -0.15) is 11.8 Å². The molecule has 0 aliphatic heterocycles. The molecule has 1 aromatic rings. The van der Waals surface area contributed by atoms with E-state index in [4.69, 9.17) is 5.11 Å². The third-order valence-electron chi connectivity index (χ3n) is 2.32. The van der Waals surface area contributed by atoms with Crippen molar-refractivity contribution in [3.8, 4) is 0 Å². The van der Waals surface area contributed by atoms with Gasteiger partial charge in [-0.15, -0.1) is 0 Å². The van der Waals surface area contributed by atoms with Crippen molar-refractivity contribution in [3.05, 3.63) is 10.6 Å². The molecule has 1 N–H and O–H groups in total. The van der Waals surface area contributed by atoms with Crippen LogP contribution in [0.1, 0.15) is 28.7 Å². The Morgan fingerprint density at radius 3 is 2.82 bits per heavy atom. The monoisotopic (exact) mass is 274 g/mol. The Balaban J connectivity index is 2.86. The summed E-state index contributed by atoms with van der Waals surface area (Å²) in [6.45, 7) is 2.92. The van der Waals surface area contributed by atoms with Crippen LogP contribution < -0.4 is 4.90 Å². The second-order valence-electron chi connectivity index (χ2n) is 3.74. The van der Waals surface area contributed by atoms with Gasteiger partial charge < -0.3 is 10.0 Å². The van der Waals surface area contributed by atoms with E-state index < -0.39 is 5.97 Å². The van der Waals surface area contributed by atoms with Crippen molar-refractivity contribution >= 4 is 34.2 Å². The summed E-state index contributed by atoms with van der Waals surface area (Å²) in [7, 11) is 1.95. The summed E-state index contributed by atoms with van der Waals surface area (Å²) in [6, 6.07) is 0. The highest BCUT2D eigenvalue weighted by Crippen LogP contribution is 2.26. The largest absolute Gasteiger partial charge is 0.477 e. The fraction of sp³-hybridized carbons (Fsp3) is 0.636. The highest BCUT2D eigenvalue weighted by Gasteiger charge is 2.18. The van der Waals surface area contributed by atoms with Gasteiger partial charge in [-0.05, 0) is 12.7 Å². The quantitative estimate of drug-likeness (QED) is 0.828. The van der Waals surface area contributed by atoms with Crippen LogP contribution in [0.3, 0.4) is 0 Å². The number of anilines is 1. The lowest BCUT2D eigenvalue weighted by Crippen LogP contribution is -2.19. The molecule has 0 fully saturated rings. The van der Waals surface area contributed by atoms with Gasteiger partial charge in [0.05, 0.1) is 5.69 Å². The van der Waals surface area contributed by atoms with Crippen molar-refractivity contribution < 1.29 is 9.90 Å². The zero-order chi connectivity index (χ0) is 12.8. The second-order valence-corrected chi connectivity index (χ2v) is 5.70. The number of hydrogen-bond acceptors (Lipinski definition) is 5. The molecule has 1 heterocycles. The molecule has 17 heavy (non-hydrogen) atoms. The minimum absolute atomic E-state index is 0.387. The van der Waals surface area contributed by atoms with Gasteiger partial charge in [-0.3, -0.25) is 0 Å². The number of hydrogen-bond donors (Lipinski definition) is 1. The first-order valence-electron chi connectivity index (χ1n) is 5.53. The number of aromatic nitrogens is 1. The van der Waals surface area contributed by atoms with E-state index >= 15 is 0 Å². The molecule has 6 heteroatoms. The number of thiazole rings is 1. The van der Waals surface area contributed by atoms with E-state index in [1.165, 1.54) is 11.3 Å². The number of aromatic carboxylic acids is 1. The van der Waals surface area contributed by atoms with E-state index in [0.717, 1.165) is 36.0 Å². The lowest BCUT2D eigenvalue weighted by molar-refractivity contribution is 0.0700. The van der Waals surface area contributed by atoms with Gasteiger partial charge in [0.1, 0.15) is 4.88 Å².